The molecule has 6 nitrogen and oxygen atoms in total. The number of hydrogen-bond donors (Lipinski definition) is 0. The van der Waals surface area contributed by atoms with Crippen molar-refractivity contribution in [2.24, 2.45) is 7.05 Å². The topological polar surface area (TPSA) is 68.4 Å². The SMILES string of the molecule is Cn1cc([N+](=O)[O-])cc1C(=O)N(CCBr)C1CCC1. The molecule has 2 rings (SSSR count). The van der Waals surface area contributed by atoms with Crippen molar-refractivity contribution in [2.75, 3.05) is 11.9 Å². The summed E-state index contributed by atoms with van der Waals surface area (Å²) in [6.07, 6.45) is 4.56. The van der Waals surface area contributed by atoms with Gasteiger partial charge in [0.2, 0.25) is 0 Å². The highest BCUT2D eigenvalue weighted by atomic mass is 79.9. The number of aryl methyl sites for hydroxylation is 1. The largest absolute Gasteiger partial charge is 0.340 e. The summed E-state index contributed by atoms with van der Waals surface area (Å²) < 4.78 is 1.53. The first kappa shape index (κ1) is 14.0. The number of nitro groups is 1. The molecule has 1 aromatic rings. The van der Waals surface area contributed by atoms with E-state index in [1.54, 1.807) is 7.05 Å². The van der Waals surface area contributed by atoms with Crippen molar-refractivity contribution in [3.05, 3.63) is 28.1 Å². The van der Waals surface area contributed by atoms with Crippen LogP contribution >= 0.6 is 15.9 Å². The molecular weight excluding hydrogens is 314 g/mol. The highest BCUT2D eigenvalue weighted by molar-refractivity contribution is 9.09. The Bertz CT molecular complexity index is 496. The van der Waals surface area contributed by atoms with Crippen LogP contribution in [-0.2, 0) is 7.05 Å². The minimum absolute atomic E-state index is 0.0433. The number of halogens is 1. The Labute approximate surface area is 119 Å². The molecule has 0 aromatic carbocycles. The monoisotopic (exact) mass is 329 g/mol. The van der Waals surface area contributed by atoms with Gasteiger partial charge < -0.3 is 9.47 Å². The zero-order valence-electron chi connectivity index (χ0n) is 10.7. The summed E-state index contributed by atoms with van der Waals surface area (Å²) in [7, 11) is 1.66. The second kappa shape index (κ2) is 5.73. The lowest BCUT2D eigenvalue weighted by molar-refractivity contribution is -0.384. The molecule has 0 atom stereocenters. The molecule has 1 amide bonds. The highest BCUT2D eigenvalue weighted by Gasteiger charge is 2.31. The molecule has 7 heteroatoms. The molecule has 1 heterocycles. The van der Waals surface area contributed by atoms with E-state index >= 15 is 0 Å². The summed E-state index contributed by atoms with van der Waals surface area (Å²) >= 11 is 3.35. The summed E-state index contributed by atoms with van der Waals surface area (Å²) in [6.45, 7) is 0.627. The Morgan fingerprint density at radius 3 is 2.74 bits per heavy atom. The van der Waals surface area contributed by atoms with E-state index in [1.165, 1.54) is 16.8 Å². The number of alkyl halides is 1. The summed E-state index contributed by atoms with van der Waals surface area (Å²) in [6, 6.07) is 1.63. The van der Waals surface area contributed by atoms with E-state index in [4.69, 9.17) is 0 Å². The van der Waals surface area contributed by atoms with Gasteiger partial charge in [0.05, 0.1) is 11.1 Å². The Kier molecular flexibility index (Phi) is 4.24. The lowest BCUT2D eigenvalue weighted by Crippen LogP contribution is -2.45. The molecule has 1 aromatic heterocycles. The van der Waals surface area contributed by atoms with E-state index in [1.807, 2.05) is 4.90 Å². The molecule has 0 saturated heterocycles. The minimum atomic E-state index is -0.477. The molecular formula is C12H16BrN3O3. The van der Waals surface area contributed by atoms with Gasteiger partial charge in [-0.25, -0.2) is 0 Å². The third-order valence-corrected chi connectivity index (χ3v) is 3.88. The third-order valence-electron chi connectivity index (χ3n) is 3.52. The minimum Gasteiger partial charge on any atom is -0.340 e. The van der Waals surface area contributed by atoms with Gasteiger partial charge >= 0.3 is 0 Å². The van der Waals surface area contributed by atoms with Crippen molar-refractivity contribution in [1.29, 1.82) is 0 Å². The number of amides is 1. The fraction of sp³-hybridized carbons (Fsp3) is 0.583. The number of carbonyl (C=O) groups is 1. The Morgan fingerprint density at radius 2 is 2.32 bits per heavy atom. The molecule has 1 aliphatic rings. The van der Waals surface area contributed by atoms with Crippen LogP contribution in [0.5, 0.6) is 0 Å². The van der Waals surface area contributed by atoms with E-state index in [0.717, 1.165) is 19.3 Å². The van der Waals surface area contributed by atoms with Crippen LogP contribution in [0.2, 0.25) is 0 Å². The van der Waals surface area contributed by atoms with Crippen LogP contribution in [0.15, 0.2) is 12.3 Å². The Balaban J connectivity index is 2.23. The van der Waals surface area contributed by atoms with Crippen LogP contribution in [0.4, 0.5) is 5.69 Å². The van der Waals surface area contributed by atoms with E-state index in [9.17, 15) is 14.9 Å². The Hall–Kier alpha value is -1.37. The number of hydrogen-bond acceptors (Lipinski definition) is 3. The molecule has 104 valence electrons. The van der Waals surface area contributed by atoms with Gasteiger partial charge in [0.15, 0.2) is 0 Å². The molecule has 1 saturated carbocycles. The summed E-state index contributed by atoms with van der Waals surface area (Å²) in [5.41, 5.74) is 0.331. The number of carbonyl (C=O) groups excluding carboxylic acids is 1. The highest BCUT2D eigenvalue weighted by Crippen LogP contribution is 2.27. The van der Waals surface area contributed by atoms with Crippen LogP contribution in [0.25, 0.3) is 0 Å². The van der Waals surface area contributed by atoms with Crippen LogP contribution in [0.3, 0.4) is 0 Å². The zero-order chi connectivity index (χ0) is 14.0. The molecule has 0 radical (unpaired) electrons. The van der Waals surface area contributed by atoms with Gasteiger partial charge in [-0.3, -0.25) is 14.9 Å². The molecule has 0 bridgehead atoms. The quantitative estimate of drug-likeness (QED) is 0.473. The maximum Gasteiger partial charge on any atom is 0.287 e. The second-order valence-electron chi connectivity index (χ2n) is 4.72. The van der Waals surface area contributed by atoms with Crippen molar-refractivity contribution in [2.45, 2.75) is 25.3 Å². The van der Waals surface area contributed by atoms with E-state index in [-0.39, 0.29) is 17.6 Å². The van der Waals surface area contributed by atoms with Gasteiger partial charge in [-0.2, -0.15) is 0 Å². The standard InChI is InChI=1S/C12H16BrN3O3/c1-14-8-10(16(18)19)7-11(14)12(17)15(6-5-13)9-3-2-4-9/h7-9H,2-6H2,1H3. The third kappa shape index (κ3) is 2.80. The first-order valence-electron chi connectivity index (χ1n) is 6.22. The first-order valence-corrected chi connectivity index (χ1v) is 7.34. The lowest BCUT2D eigenvalue weighted by Gasteiger charge is -2.37. The Morgan fingerprint density at radius 1 is 1.63 bits per heavy atom. The van der Waals surface area contributed by atoms with Gasteiger partial charge in [-0.15, -0.1) is 0 Å². The average molecular weight is 330 g/mol. The van der Waals surface area contributed by atoms with E-state index < -0.39 is 4.92 Å². The van der Waals surface area contributed by atoms with Gasteiger partial charge in [-0.1, -0.05) is 15.9 Å². The maximum atomic E-state index is 12.5. The normalized spacial score (nSPS) is 15.1. The first-order chi connectivity index (χ1) is 9.04. The fourth-order valence-corrected chi connectivity index (χ4v) is 2.63. The molecule has 0 unspecified atom stereocenters. The second-order valence-corrected chi connectivity index (χ2v) is 5.52. The van der Waals surface area contributed by atoms with Crippen LogP contribution in [0, 0.1) is 10.1 Å². The predicted molar refractivity (Wildman–Crippen MR) is 74.5 cm³/mol. The predicted octanol–water partition coefficient (Wildman–Crippen LogP) is 2.32. The maximum absolute atomic E-state index is 12.5. The van der Waals surface area contributed by atoms with Crippen molar-refractivity contribution >= 4 is 27.5 Å². The summed E-state index contributed by atoms with van der Waals surface area (Å²) in [5, 5.41) is 11.5. The molecule has 0 spiro atoms. The van der Waals surface area contributed by atoms with Crippen molar-refractivity contribution in [3.8, 4) is 0 Å². The number of rotatable bonds is 5. The smallest absolute Gasteiger partial charge is 0.287 e. The fourth-order valence-electron chi connectivity index (χ4n) is 2.25. The molecule has 1 fully saturated rings. The number of nitrogens with zero attached hydrogens (tertiary/aromatic N) is 3. The average Bonchev–Trinajstić information content (AvgIpc) is 2.68. The molecule has 0 N–H and O–H groups in total. The van der Waals surface area contributed by atoms with E-state index in [2.05, 4.69) is 15.9 Å². The van der Waals surface area contributed by atoms with Crippen LogP contribution in [0.1, 0.15) is 29.8 Å². The van der Waals surface area contributed by atoms with Crippen LogP contribution < -0.4 is 0 Å². The zero-order valence-corrected chi connectivity index (χ0v) is 12.3. The molecule has 19 heavy (non-hydrogen) atoms. The van der Waals surface area contributed by atoms with Crippen molar-refractivity contribution in [1.82, 2.24) is 9.47 Å². The van der Waals surface area contributed by atoms with Gasteiger partial charge in [-0.05, 0) is 19.3 Å². The van der Waals surface area contributed by atoms with Gasteiger partial charge in [0.25, 0.3) is 11.6 Å². The van der Waals surface area contributed by atoms with E-state index in [0.29, 0.717) is 17.6 Å². The molecule has 1 aliphatic carbocycles. The van der Waals surface area contributed by atoms with Crippen molar-refractivity contribution in [3.63, 3.8) is 0 Å². The summed E-state index contributed by atoms with van der Waals surface area (Å²) in [4.78, 5) is 24.6. The van der Waals surface area contributed by atoms with Crippen LogP contribution in [-0.4, -0.2) is 38.2 Å². The molecule has 0 aliphatic heterocycles. The van der Waals surface area contributed by atoms with Crippen molar-refractivity contribution < 1.29 is 9.72 Å². The summed E-state index contributed by atoms with van der Waals surface area (Å²) in [5.74, 6) is -0.125. The number of aromatic nitrogens is 1. The van der Waals surface area contributed by atoms with Gasteiger partial charge in [0.1, 0.15) is 5.69 Å². The van der Waals surface area contributed by atoms with Gasteiger partial charge in [0, 0.05) is 31.0 Å². The lowest BCUT2D eigenvalue weighted by atomic mass is 9.91.